The molecule has 0 spiro atoms. The molecule has 2 rings (SSSR count). The van der Waals surface area contributed by atoms with Gasteiger partial charge in [0.1, 0.15) is 6.07 Å². The van der Waals surface area contributed by atoms with Gasteiger partial charge in [-0.25, -0.2) is 4.39 Å². The van der Waals surface area contributed by atoms with Crippen LogP contribution >= 0.6 is 0 Å². The van der Waals surface area contributed by atoms with E-state index in [1.807, 2.05) is 31.2 Å². The molecule has 2 aromatic carbocycles. The molecule has 20 heavy (non-hydrogen) atoms. The minimum absolute atomic E-state index is 0.129. The Kier molecular flexibility index (Phi) is 4.73. The second-order valence-corrected chi connectivity index (χ2v) is 4.63. The summed E-state index contributed by atoms with van der Waals surface area (Å²) in [5.41, 5.74) is 2.37. The highest BCUT2D eigenvalue weighted by atomic mass is 19.1. The van der Waals surface area contributed by atoms with Crippen LogP contribution in [0.2, 0.25) is 0 Å². The van der Waals surface area contributed by atoms with E-state index in [4.69, 9.17) is 10.00 Å². The predicted molar refractivity (Wildman–Crippen MR) is 75.9 cm³/mol. The minimum Gasteiger partial charge on any atom is -0.472 e. The number of para-hydroxylation sites is 1. The van der Waals surface area contributed by atoms with Crippen molar-refractivity contribution >= 4 is 0 Å². The largest absolute Gasteiger partial charge is 0.472 e. The van der Waals surface area contributed by atoms with Crippen LogP contribution in [0.25, 0.3) is 0 Å². The summed E-state index contributed by atoms with van der Waals surface area (Å²) in [7, 11) is 0. The van der Waals surface area contributed by atoms with E-state index in [0.717, 1.165) is 6.42 Å². The molecule has 0 fully saturated rings. The molecule has 0 radical (unpaired) electrons. The zero-order valence-electron chi connectivity index (χ0n) is 11.3. The van der Waals surface area contributed by atoms with Gasteiger partial charge in [0.2, 0.25) is 0 Å². The Labute approximate surface area is 118 Å². The molecule has 1 unspecified atom stereocenters. The van der Waals surface area contributed by atoms with E-state index >= 15 is 0 Å². The van der Waals surface area contributed by atoms with E-state index in [1.54, 1.807) is 12.1 Å². The minimum atomic E-state index is -0.647. The average molecular weight is 269 g/mol. The summed E-state index contributed by atoms with van der Waals surface area (Å²) < 4.78 is 18.9. The summed E-state index contributed by atoms with van der Waals surface area (Å²) in [6, 6.07) is 16.2. The van der Waals surface area contributed by atoms with Crippen molar-refractivity contribution in [2.24, 2.45) is 0 Å². The van der Waals surface area contributed by atoms with Crippen LogP contribution in [0.5, 0.6) is 5.75 Å². The molecule has 2 aromatic rings. The third kappa shape index (κ3) is 3.58. The van der Waals surface area contributed by atoms with Crippen molar-refractivity contribution in [1.82, 2.24) is 0 Å². The molecule has 2 nitrogen and oxygen atoms in total. The van der Waals surface area contributed by atoms with Crippen LogP contribution in [0.1, 0.15) is 17.5 Å². The molecule has 0 saturated carbocycles. The fourth-order valence-corrected chi connectivity index (χ4v) is 2.02. The fourth-order valence-electron chi connectivity index (χ4n) is 2.02. The zero-order valence-corrected chi connectivity index (χ0v) is 11.3. The van der Waals surface area contributed by atoms with Crippen molar-refractivity contribution in [1.29, 1.82) is 5.26 Å². The molecule has 0 saturated heterocycles. The topological polar surface area (TPSA) is 33.0 Å². The number of aryl methyl sites for hydroxylation is 2. The van der Waals surface area contributed by atoms with Crippen LogP contribution in [0.15, 0.2) is 48.5 Å². The third-order valence-electron chi connectivity index (χ3n) is 3.19. The van der Waals surface area contributed by atoms with E-state index in [0.29, 0.717) is 6.42 Å². The van der Waals surface area contributed by atoms with Crippen LogP contribution in [-0.2, 0) is 6.42 Å². The maximum Gasteiger partial charge on any atom is 0.184 e. The van der Waals surface area contributed by atoms with Gasteiger partial charge >= 0.3 is 0 Å². The number of rotatable bonds is 5. The van der Waals surface area contributed by atoms with Crippen molar-refractivity contribution in [3.8, 4) is 11.8 Å². The Morgan fingerprint density at radius 3 is 2.55 bits per heavy atom. The van der Waals surface area contributed by atoms with E-state index < -0.39 is 11.9 Å². The van der Waals surface area contributed by atoms with Gasteiger partial charge < -0.3 is 4.74 Å². The summed E-state index contributed by atoms with van der Waals surface area (Å²) >= 11 is 0. The van der Waals surface area contributed by atoms with E-state index in [2.05, 4.69) is 6.07 Å². The average Bonchev–Trinajstić information content (AvgIpc) is 2.47. The van der Waals surface area contributed by atoms with Gasteiger partial charge in [0.25, 0.3) is 0 Å². The Balaban J connectivity index is 1.99. The second kappa shape index (κ2) is 6.72. The molecule has 0 N–H and O–H groups in total. The number of hydrogen-bond acceptors (Lipinski definition) is 2. The van der Waals surface area contributed by atoms with E-state index in [9.17, 15) is 4.39 Å². The Bertz CT molecular complexity index is 618. The smallest absolute Gasteiger partial charge is 0.184 e. The first-order chi connectivity index (χ1) is 9.70. The lowest BCUT2D eigenvalue weighted by molar-refractivity contribution is 0.234. The number of hydrogen-bond donors (Lipinski definition) is 0. The highest BCUT2D eigenvalue weighted by Gasteiger charge is 2.12. The summed E-state index contributed by atoms with van der Waals surface area (Å²) in [4.78, 5) is 0. The molecule has 3 heteroatoms. The molecular formula is C17H16FNO. The van der Waals surface area contributed by atoms with Gasteiger partial charge in [0.15, 0.2) is 17.7 Å². The summed E-state index contributed by atoms with van der Waals surface area (Å²) in [6.45, 7) is 2.04. The Hall–Kier alpha value is -2.34. The van der Waals surface area contributed by atoms with Gasteiger partial charge in [0, 0.05) is 6.42 Å². The third-order valence-corrected chi connectivity index (χ3v) is 3.19. The molecule has 102 valence electrons. The standard InChI is InChI=1S/C17H16FNO/c1-13-6-2-3-7-14(13)10-11-15(12-19)20-17-9-5-4-8-16(17)18/h2-9,15H,10-11H2,1H3. The van der Waals surface area contributed by atoms with Crippen LogP contribution in [0, 0.1) is 24.1 Å². The molecule has 1 atom stereocenters. The lowest BCUT2D eigenvalue weighted by Crippen LogP contribution is -2.16. The van der Waals surface area contributed by atoms with Crippen LogP contribution in [0.3, 0.4) is 0 Å². The maximum atomic E-state index is 13.5. The number of nitriles is 1. The summed E-state index contributed by atoms with van der Waals surface area (Å²) in [5, 5.41) is 9.13. The van der Waals surface area contributed by atoms with Gasteiger partial charge in [0.05, 0.1) is 0 Å². The molecule has 0 bridgehead atoms. The lowest BCUT2D eigenvalue weighted by Gasteiger charge is -2.13. The molecule has 0 aromatic heterocycles. The number of benzene rings is 2. The van der Waals surface area contributed by atoms with Gasteiger partial charge in [-0.2, -0.15) is 5.26 Å². The molecule has 0 amide bonds. The first-order valence-corrected chi connectivity index (χ1v) is 6.56. The summed E-state index contributed by atoms with van der Waals surface area (Å²) in [6.07, 6.45) is 0.626. The first-order valence-electron chi connectivity index (χ1n) is 6.56. The number of ether oxygens (including phenoxy) is 1. The molecular weight excluding hydrogens is 253 g/mol. The molecule has 0 aliphatic rings. The van der Waals surface area contributed by atoms with Crippen molar-refractivity contribution in [3.05, 3.63) is 65.5 Å². The Morgan fingerprint density at radius 2 is 1.85 bits per heavy atom. The van der Waals surface area contributed by atoms with Crippen molar-refractivity contribution in [2.75, 3.05) is 0 Å². The number of nitrogens with zero attached hydrogens (tertiary/aromatic N) is 1. The van der Waals surface area contributed by atoms with Crippen molar-refractivity contribution in [2.45, 2.75) is 25.9 Å². The highest BCUT2D eigenvalue weighted by Crippen LogP contribution is 2.19. The second-order valence-electron chi connectivity index (χ2n) is 4.63. The van der Waals surface area contributed by atoms with Crippen LogP contribution < -0.4 is 4.74 Å². The fraction of sp³-hybridized carbons (Fsp3) is 0.235. The van der Waals surface area contributed by atoms with Gasteiger partial charge in [-0.3, -0.25) is 0 Å². The van der Waals surface area contributed by atoms with Gasteiger partial charge in [-0.1, -0.05) is 36.4 Å². The quantitative estimate of drug-likeness (QED) is 0.820. The van der Waals surface area contributed by atoms with Gasteiger partial charge in [-0.05, 0) is 36.6 Å². The van der Waals surface area contributed by atoms with Crippen molar-refractivity contribution < 1.29 is 9.13 Å². The lowest BCUT2D eigenvalue weighted by atomic mass is 10.0. The summed E-state index contributed by atoms with van der Waals surface area (Å²) in [5.74, 6) is -0.313. The highest BCUT2D eigenvalue weighted by molar-refractivity contribution is 5.27. The van der Waals surface area contributed by atoms with E-state index in [-0.39, 0.29) is 5.75 Å². The molecule has 0 aliphatic carbocycles. The van der Waals surface area contributed by atoms with Gasteiger partial charge in [-0.15, -0.1) is 0 Å². The Morgan fingerprint density at radius 1 is 1.15 bits per heavy atom. The molecule has 0 aliphatic heterocycles. The maximum absolute atomic E-state index is 13.5. The van der Waals surface area contributed by atoms with Crippen LogP contribution in [-0.4, -0.2) is 6.10 Å². The predicted octanol–water partition coefficient (Wildman–Crippen LogP) is 4.04. The normalized spacial score (nSPS) is 11.7. The SMILES string of the molecule is Cc1ccccc1CCC(C#N)Oc1ccccc1F. The monoisotopic (exact) mass is 269 g/mol. The number of halogens is 1. The first kappa shape index (κ1) is 14.1. The van der Waals surface area contributed by atoms with Crippen molar-refractivity contribution in [3.63, 3.8) is 0 Å². The molecule has 0 heterocycles. The van der Waals surface area contributed by atoms with E-state index in [1.165, 1.54) is 23.3 Å². The zero-order chi connectivity index (χ0) is 14.4. The van der Waals surface area contributed by atoms with Crippen LogP contribution in [0.4, 0.5) is 4.39 Å².